The molecule has 1 fully saturated rings. The second-order valence-electron chi connectivity index (χ2n) is 7.50. The summed E-state index contributed by atoms with van der Waals surface area (Å²) in [5, 5.41) is 0.487. The lowest BCUT2D eigenvalue weighted by Crippen LogP contribution is -2.51. The van der Waals surface area contributed by atoms with E-state index in [4.69, 9.17) is 16.3 Å². The number of carbonyl (C=O) groups is 1. The van der Waals surface area contributed by atoms with E-state index in [-0.39, 0.29) is 18.6 Å². The number of piperazine rings is 1. The SMILES string of the molecule is O=C(COc1ccc(Br)cc1Cl)N1CCN(C(c2ccccc2)c2ccccc2)CC1. The summed E-state index contributed by atoms with van der Waals surface area (Å²) in [6.07, 6.45) is 0. The zero-order chi connectivity index (χ0) is 21.6. The molecule has 0 saturated carbocycles. The van der Waals surface area contributed by atoms with Crippen molar-refractivity contribution in [2.24, 2.45) is 0 Å². The molecule has 1 heterocycles. The first-order valence-corrected chi connectivity index (χ1v) is 11.5. The van der Waals surface area contributed by atoms with Crippen LogP contribution in [0.5, 0.6) is 5.75 Å². The van der Waals surface area contributed by atoms with Crippen molar-refractivity contribution in [2.75, 3.05) is 32.8 Å². The van der Waals surface area contributed by atoms with E-state index in [0.717, 1.165) is 17.6 Å². The molecular weight excluding hydrogens is 476 g/mol. The molecule has 1 aliphatic heterocycles. The third-order valence-electron chi connectivity index (χ3n) is 5.51. The average molecular weight is 500 g/mol. The largest absolute Gasteiger partial charge is 0.482 e. The third kappa shape index (κ3) is 5.48. The number of halogens is 2. The fraction of sp³-hybridized carbons (Fsp3) is 0.240. The van der Waals surface area contributed by atoms with Crippen molar-refractivity contribution in [3.8, 4) is 5.75 Å². The molecule has 0 spiro atoms. The predicted octanol–water partition coefficient (Wildman–Crippen LogP) is 5.42. The van der Waals surface area contributed by atoms with Crippen LogP contribution in [-0.4, -0.2) is 48.5 Å². The van der Waals surface area contributed by atoms with E-state index in [1.807, 2.05) is 23.1 Å². The topological polar surface area (TPSA) is 32.8 Å². The zero-order valence-corrected chi connectivity index (χ0v) is 19.4. The molecule has 0 bridgehead atoms. The number of hydrogen-bond acceptors (Lipinski definition) is 3. The summed E-state index contributed by atoms with van der Waals surface area (Å²) in [4.78, 5) is 17.0. The van der Waals surface area contributed by atoms with Crippen molar-refractivity contribution >= 4 is 33.4 Å². The van der Waals surface area contributed by atoms with Crippen LogP contribution in [0.3, 0.4) is 0 Å². The van der Waals surface area contributed by atoms with E-state index in [0.29, 0.717) is 23.9 Å². The Morgan fingerprint density at radius 2 is 1.48 bits per heavy atom. The minimum atomic E-state index is -0.0189. The smallest absolute Gasteiger partial charge is 0.260 e. The van der Waals surface area contributed by atoms with Crippen molar-refractivity contribution in [3.05, 3.63) is 99.5 Å². The average Bonchev–Trinajstić information content (AvgIpc) is 2.80. The molecular formula is C25H24BrClN2O2. The number of amides is 1. The maximum absolute atomic E-state index is 12.7. The van der Waals surface area contributed by atoms with Crippen LogP contribution in [0, 0.1) is 0 Å². The molecule has 0 aliphatic carbocycles. The maximum atomic E-state index is 12.7. The summed E-state index contributed by atoms with van der Waals surface area (Å²) in [6, 6.07) is 26.6. The van der Waals surface area contributed by atoms with Crippen LogP contribution in [0.1, 0.15) is 17.2 Å². The Bertz CT molecular complexity index is 969. The molecule has 6 heteroatoms. The number of rotatable bonds is 6. The van der Waals surface area contributed by atoms with Crippen LogP contribution in [0.2, 0.25) is 5.02 Å². The number of benzene rings is 3. The standard InChI is InChI=1S/C25H24BrClN2O2/c26-21-11-12-23(22(27)17-21)31-18-24(30)28-13-15-29(16-14-28)25(19-7-3-1-4-8-19)20-9-5-2-6-10-20/h1-12,17,25H,13-16,18H2. The Hall–Kier alpha value is -2.34. The molecule has 4 nitrogen and oxygen atoms in total. The molecule has 31 heavy (non-hydrogen) atoms. The molecule has 0 unspecified atom stereocenters. The summed E-state index contributed by atoms with van der Waals surface area (Å²) in [5.41, 5.74) is 2.53. The summed E-state index contributed by atoms with van der Waals surface area (Å²) >= 11 is 9.55. The molecule has 0 radical (unpaired) electrons. The molecule has 1 amide bonds. The van der Waals surface area contributed by atoms with Gasteiger partial charge in [-0.25, -0.2) is 0 Å². The zero-order valence-electron chi connectivity index (χ0n) is 17.1. The van der Waals surface area contributed by atoms with E-state index >= 15 is 0 Å². The minimum absolute atomic E-state index is 0.0118. The van der Waals surface area contributed by atoms with Gasteiger partial charge in [-0.2, -0.15) is 0 Å². The van der Waals surface area contributed by atoms with Gasteiger partial charge in [-0.3, -0.25) is 9.69 Å². The Morgan fingerprint density at radius 3 is 2.03 bits per heavy atom. The Morgan fingerprint density at radius 1 is 0.903 bits per heavy atom. The van der Waals surface area contributed by atoms with Crippen LogP contribution < -0.4 is 4.74 Å². The Labute approximate surface area is 196 Å². The number of nitrogens with zero attached hydrogens (tertiary/aromatic N) is 2. The first-order valence-electron chi connectivity index (χ1n) is 10.3. The highest BCUT2D eigenvalue weighted by molar-refractivity contribution is 9.10. The number of hydrogen-bond donors (Lipinski definition) is 0. The fourth-order valence-electron chi connectivity index (χ4n) is 3.94. The van der Waals surface area contributed by atoms with Crippen LogP contribution >= 0.6 is 27.5 Å². The lowest BCUT2D eigenvalue weighted by molar-refractivity contribution is -0.135. The highest BCUT2D eigenvalue weighted by atomic mass is 79.9. The predicted molar refractivity (Wildman–Crippen MR) is 128 cm³/mol. The lowest BCUT2D eigenvalue weighted by atomic mass is 9.96. The monoisotopic (exact) mass is 498 g/mol. The molecule has 1 aliphatic rings. The van der Waals surface area contributed by atoms with Gasteiger partial charge in [0, 0.05) is 30.7 Å². The van der Waals surface area contributed by atoms with Gasteiger partial charge < -0.3 is 9.64 Å². The van der Waals surface area contributed by atoms with Crippen LogP contribution in [0.4, 0.5) is 0 Å². The Balaban J connectivity index is 1.39. The molecule has 0 atom stereocenters. The highest BCUT2D eigenvalue weighted by Gasteiger charge is 2.28. The summed E-state index contributed by atoms with van der Waals surface area (Å²) in [7, 11) is 0. The third-order valence-corrected chi connectivity index (χ3v) is 6.30. The van der Waals surface area contributed by atoms with E-state index in [2.05, 4.69) is 69.4 Å². The minimum Gasteiger partial charge on any atom is -0.482 e. The fourth-order valence-corrected chi connectivity index (χ4v) is 4.67. The number of carbonyl (C=O) groups excluding carboxylic acids is 1. The van der Waals surface area contributed by atoms with Gasteiger partial charge in [0.2, 0.25) is 0 Å². The number of ether oxygens (including phenoxy) is 1. The molecule has 0 N–H and O–H groups in total. The van der Waals surface area contributed by atoms with E-state index in [1.54, 1.807) is 12.1 Å². The van der Waals surface area contributed by atoms with Gasteiger partial charge in [-0.05, 0) is 29.3 Å². The van der Waals surface area contributed by atoms with Crippen molar-refractivity contribution in [2.45, 2.75) is 6.04 Å². The normalized spacial score (nSPS) is 14.6. The van der Waals surface area contributed by atoms with E-state index < -0.39 is 0 Å². The molecule has 3 aromatic carbocycles. The van der Waals surface area contributed by atoms with Gasteiger partial charge in [-0.1, -0.05) is 88.2 Å². The van der Waals surface area contributed by atoms with Crippen LogP contribution in [-0.2, 0) is 4.79 Å². The summed E-state index contributed by atoms with van der Waals surface area (Å²) < 4.78 is 6.54. The van der Waals surface area contributed by atoms with Gasteiger partial charge in [0.05, 0.1) is 11.1 Å². The molecule has 160 valence electrons. The van der Waals surface area contributed by atoms with Gasteiger partial charge in [0.25, 0.3) is 5.91 Å². The molecule has 4 rings (SSSR count). The maximum Gasteiger partial charge on any atom is 0.260 e. The van der Waals surface area contributed by atoms with Gasteiger partial charge in [0.1, 0.15) is 5.75 Å². The quantitative estimate of drug-likeness (QED) is 0.454. The molecule has 1 saturated heterocycles. The molecule has 0 aromatic heterocycles. The lowest BCUT2D eigenvalue weighted by Gasteiger charge is -2.39. The first kappa shape index (κ1) is 21.9. The highest BCUT2D eigenvalue weighted by Crippen LogP contribution is 2.30. The van der Waals surface area contributed by atoms with Crippen LogP contribution in [0.15, 0.2) is 83.3 Å². The first-order chi connectivity index (χ1) is 15.1. The Kier molecular flexibility index (Phi) is 7.28. The van der Waals surface area contributed by atoms with Crippen molar-refractivity contribution in [1.29, 1.82) is 0 Å². The van der Waals surface area contributed by atoms with Crippen LogP contribution in [0.25, 0.3) is 0 Å². The second-order valence-corrected chi connectivity index (χ2v) is 8.83. The van der Waals surface area contributed by atoms with E-state index in [9.17, 15) is 4.79 Å². The second kappa shape index (κ2) is 10.3. The van der Waals surface area contributed by atoms with Crippen molar-refractivity contribution in [3.63, 3.8) is 0 Å². The summed E-state index contributed by atoms with van der Waals surface area (Å²) in [6.45, 7) is 2.94. The summed E-state index contributed by atoms with van der Waals surface area (Å²) in [5.74, 6) is 0.500. The van der Waals surface area contributed by atoms with Gasteiger partial charge in [0.15, 0.2) is 6.61 Å². The van der Waals surface area contributed by atoms with Gasteiger partial charge in [-0.15, -0.1) is 0 Å². The van der Waals surface area contributed by atoms with E-state index in [1.165, 1.54) is 11.1 Å². The van der Waals surface area contributed by atoms with Crippen molar-refractivity contribution < 1.29 is 9.53 Å². The van der Waals surface area contributed by atoms with Crippen molar-refractivity contribution in [1.82, 2.24) is 9.80 Å². The molecule has 3 aromatic rings. The van der Waals surface area contributed by atoms with Gasteiger partial charge >= 0.3 is 0 Å².